The molecular formula is C8H13N3. The van der Waals surface area contributed by atoms with Gasteiger partial charge in [-0.2, -0.15) is 5.10 Å². The summed E-state index contributed by atoms with van der Waals surface area (Å²) in [6, 6.07) is 0. The molecular weight excluding hydrogens is 138 g/mol. The Hall–Kier alpha value is -1.09. The van der Waals surface area contributed by atoms with Crippen molar-refractivity contribution in [3.63, 3.8) is 0 Å². The fourth-order valence-electron chi connectivity index (χ4n) is 0.874. The van der Waals surface area contributed by atoms with Crippen LogP contribution in [0.4, 0.5) is 0 Å². The minimum Gasteiger partial charge on any atom is -0.327 e. The number of aromatic nitrogens is 2. The van der Waals surface area contributed by atoms with Gasteiger partial charge in [-0.25, -0.2) is 0 Å². The third-order valence-electron chi connectivity index (χ3n) is 1.71. The Kier molecular flexibility index (Phi) is 2.44. The van der Waals surface area contributed by atoms with Crippen molar-refractivity contribution < 1.29 is 0 Å². The molecule has 0 saturated heterocycles. The molecule has 0 spiro atoms. The van der Waals surface area contributed by atoms with Crippen LogP contribution in [0.5, 0.6) is 0 Å². The van der Waals surface area contributed by atoms with Crippen LogP contribution in [-0.2, 0) is 7.05 Å². The predicted molar refractivity (Wildman–Crippen MR) is 46.0 cm³/mol. The average molecular weight is 151 g/mol. The van der Waals surface area contributed by atoms with Gasteiger partial charge in [-0.15, -0.1) is 0 Å². The molecule has 1 aromatic heterocycles. The zero-order valence-electron chi connectivity index (χ0n) is 6.91. The lowest BCUT2D eigenvalue weighted by Crippen LogP contribution is -1.93. The van der Waals surface area contributed by atoms with Gasteiger partial charge in [-0.05, 0) is 6.92 Å². The van der Waals surface area contributed by atoms with Crippen molar-refractivity contribution in [2.24, 2.45) is 12.8 Å². The number of nitrogens with zero attached hydrogens (tertiary/aromatic N) is 2. The predicted octanol–water partition coefficient (Wildman–Crippen LogP) is 0.700. The summed E-state index contributed by atoms with van der Waals surface area (Å²) in [5.74, 6) is 0. The largest absolute Gasteiger partial charge is 0.327 e. The molecule has 0 fully saturated rings. The van der Waals surface area contributed by atoms with Crippen molar-refractivity contribution in [2.75, 3.05) is 6.54 Å². The van der Waals surface area contributed by atoms with Gasteiger partial charge in [-0.1, -0.05) is 12.2 Å². The molecule has 0 amide bonds. The second kappa shape index (κ2) is 3.34. The topological polar surface area (TPSA) is 43.8 Å². The summed E-state index contributed by atoms with van der Waals surface area (Å²) in [6.45, 7) is 2.61. The molecule has 0 aliphatic heterocycles. The monoisotopic (exact) mass is 151 g/mol. The molecule has 0 saturated carbocycles. The van der Waals surface area contributed by atoms with E-state index in [0.717, 1.165) is 11.3 Å². The molecule has 0 bridgehead atoms. The van der Waals surface area contributed by atoms with Crippen molar-refractivity contribution in [1.82, 2.24) is 9.78 Å². The molecule has 2 N–H and O–H groups in total. The molecule has 0 aliphatic carbocycles. The van der Waals surface area contributed by atoms with Crippen LogP contribution in [0.15, 0.2) is 12.3 Å². The summed E-state index contributed by atoms with van der Waals surface area (Å²) in [7, 11) is 1.93. The molecule has 3 heteroatoms. The van der Waals surface area contributed by atoms with Gasteiger partial charge < -0.3 is 5.73 Å². The first kappa shape index (κ1) is 8.01. The maximum Gasteiger partial charge on any atom is 0.0564 e. The Labute approximate surface area is 66.5 Å². The Morgan fingerprint density at radius 2 is 2.45 bits per heavy atom. The Morgan fingerprint density at radius 3 is 2.91 bits per heavy atom. The first-order valence-electron chi connectivity index (χ1n) is 3.61. The lowest BCUT2D eigenvalue weighted by Gasteiger charge is -1.92. The fourth-order valence-corrected chi connectivity index (χ4v) is 0.874. The SMILES string of the molecule is Cc1c(C=CCN)cnn1C. The maximum atomic E-state index is 5.32. The number of hydrogen-bond donors (Lipinski definition) is 1. The van der Waals surface area contributed by atoms with Crippen molar-refractivity contribution >= 4 is 6.08 Å². The second-order valence-corrected chi connectivity index (χ2v) is 2.45. The lowest BCUT2D eigenvalue weighted by atomic mass is 10.2. The minimum absolute atomic E-state index is 0.578. The van der Waals surface area contributed by atoms with E-state index in [1.807, 2.05) is 37.0 Å². The zero-order chi connectivity index (χ0) is 8.27. The Balaban J connectivity index is 2.87. The highest BCUT2D eigenvalue weighted by Crippen LogP contribution is 2.06. The smallest absolute Gasteiger partial charge is 0.0564 e. The fraction of sp³-hybridized carbons (Fsp3) is 0.375. The van der Waals surface area contributed by atoms with E-state index in [9.17, 15) is 0 Å². The van der Waals surface area contributed by atoms with E-state index in [1.54, 1.807) is 0 Å². The molecule has 60 valence electrons. The molecule has 3 nitrogen and oxygen atoms in total. The normalized spacial score (nSPS) is 11.2. The molecule has 1 aromatic rings. The van der Waals surface area contributed by atoms with Crippen molar-refractivity contribution in [1.29, 1.82) is 0 Å². The highest BCUT2D eigenvalue weighted by molar-refractivity contribution is 5.50. The van der Waals surface area contributed by atoms with Gasteiger partial charge in [0.15, 0.2) is 0 Å². The van der Waals surface area contributed by atoms with Gasteiger partial charge in [0.2, 0.25) is 0 Å². The van der Waals surface area contributed by atoms with Crippen LogP contribution in [0.1, 0.15) is 11.3 Å². The minimum atomic E-state index is 0.578. The van der Waals surface area contributed by atoms with Crippen LogP contribution in [0.2, 0.25) is 0 Å². The van der Waals surface area contributed by atoms with Crippen LogP contribution < -0.4 is 5.73 Å². The Bertz CT molecular complexity index is 260. The van der Waals surface area contributed by atoms with E-state index in [2.05, 4.69) is 5.10 Å². The van der Waals surface area contributed by atoms with E-state index < -0.39 is 0 Å². The van der Waals surface area contributed by atoms with Crippen molar-refractivity contribution in [2.45, 2.75) is 6.92 Å². The molecule has 0 unspecified atom stereocenters. The number of rotatable bonds is 2. The van der Waals surface area contributed by atoms with Gasteiger partial charge in [0.05, 0.1) is 6.20 Å². The third kappa shape index (κ3) is 1.68. The van der Waals surface area contributed by atoms with Crippen molar-refractivity contribution in [3.8, 4) is 0 Å². The lowest BCUT2D eigenvalue weighted by molar-refractivity contribution is 0.740. The van der Waals surface area contributed by atoms with Gasteiger partial charge in [-0.3, -0.25) is 4.68 Å². The van der Waals surface area contributed by atoms with Gasteiger partial charge in [0.25, 0.3) is 0 Å². The van der Waals surface area contributed by atoms with E-state index in [0.29, 0.717) is 6.54 Å². The summed E-state index contributed by atoms with van der Waals surface area (Å²) >= 11 is 0. The molecule has 11 heavy (non-hydrogen) atoms. The highest BCUT2D eigenvalue weighted by Gasteiger charge is 1.97. The molecule has 0 atom stereocenters. The number of hydrogen-bond acceptors (Lipinski definition) is 2. The molecule has 0 aliphatic rings. The summed E-state index contributed by atoms with van der Waals surface area (Å²) in [4.78, 5) is 0. The maximum absolute atomic E-state index is 5.32. The summed E-state index contributed by atoms with van der Waals surface area (Å²) < 4.78 is 1.84. The van der Waals surface area contributed by atoms with Crippen LogP contribution in [0.25, 0.3) is 6.08 Å². The summed E-state index contributed by atoms with van der Waals surface area (Å²) in [5.41, 5.74) is 7.62. The average Bonchev–Trinajstić information content (AvgIpc) is 2.31. The molecule has 1 rings (SSSR count). The first-order valence-corrected chi connectivity index (χ1v) is 3.61. The second-order valence-electron chi connectivity index (χ2n) is 2.45. The zero-order valence-corrected chi connectivity index (χ0v) is 6.91. The number of nitrogens with two attached hydrogens (primary N) is 1. The van der Waals surface area contributed by atoms with Gasteiger partial charge in [0, 0.05) is 24.8 Å². The van der Waals surface area contributed by atoms with Crippen LogP contribution >= 0.6 is 0 Å². The Morgan fingerprint density at radius 1 is 1.73 bits per heavy atom. The van der Waals surface area contributed by atoms with Crippen molar-refractivity contribution in [3.05, 3.63) is 23.5 Å². The van der Waals surface area contributed by atoms with Gasteiger partial charge in [0.1, 0.15) is 0 Å². The molecule has 0 aromatic carbocycles. The van der Waals surface area contributed by atoms with E-state index in [4.69, 9.17) is 5.73 Å². The summed E-state index contributed by atoms with van der Waals surface area (Å²) in [5, 5.41) is 4.09. The van der Waals surface area contributed by atoms with Crippen LogP contribution in [0.3, 0.4) is 0 Å². The standard InChI is InChI=1S/C8H13N3/c1-7-8(4-3-5-9)6-10-11(7)2/h3-4,6H,5,9H2,1-2H3. The van der Waals surface area contributed by atoms with E-state index in [1.165, 1.54) is 0 Å². The molecule has 0 radical (unpaired) electrons. The third-order valence-corrected chi connectivity index (χ3v) is 1.71. The highest BCUT2D eigenvalue weighted by atomic mass is 15.3. The van der Waals surface area contributed by atoms with E-state index >= 15 is 0 Å². The van der Waals surface area contributed by atoms with Crippen LogP contribution in [0, 0.1) is 6.92 Å². The molecule has 1 heterocycles. The van der Waals surface area contributed by atoms with Crippen LogP contribution in [-0.4, -0.2) is 16.3 Å². The van der Waals surface area contributed by atoms with Gasteiger partial charge >= 0.3 is 0 Å². The quantitative estimate of drug-likeness (QED) is 0.676. The summed E-state index contributed by atoms with van der Waals surface area (Å²) in [6.07, 6.45) is 5.74. The number of aryl methyl sites for hydroxylation is 1. The first-order chi connectivity index (χ1) is 5.25. The van der Waals surface area contributed by atoms with E-state index in [-0.39, 0.29) is 0 Å².